The maximum absolute atomic E-state index is 12.3. The molecule has 0 radical (unpaired) electrons. The van der Waals surface area contributed by atoms with Crippen LogP contribution < -0.4 is 5.32 Å². The summed E-state index contributed by atoms with van der Waals surface area (Å²) in [6.07, 6.45) is 1.05. The zero-order valence-electron chi connectivity index (χ0n) is 13.7. The molecule has 0 fully saturated rings. The average molecular weight is 374 g/mol. The highest BCUT2D eigenvalue weighted by Gasteiger charge is 2.20. The van der Waals surface area contributed by atoms with Crippen molar-refractivity contribution in [2.24, 2.45) is 0 Å². The number of thiazole rings is 1. The molecule has 1 unspecified atom stereocenters. The molecular weight excluding hydrogens is 356 g/mol. The van der Waals surface area contributed by atoms with Crippen LogP contribution in [0.2, 0.25) is 0 Å². The fourth-order valence-electron chi connectivity index (χ4n) is 2.48. The van der Waals surface area contributed by atoms with Crippen LogP contribution in [0.15, 0.2) is 41.8 Å². The van der Waals surface area contributed by atoms with Crippen LogP contribution in [0.1, 0.15) is 28.8 Å². The third-order valence-electron chi connectivity index (χ3n) is 3.72. The number of hydrogen-bond donors (Lipinski definition) is 1. The monoisotopic (exact) mass is 374 g/mol. The Labute approximate surface area is 153 Å². The summed E-state index contributed by atoms with van der Waals surface area (Å²) in [4.78, 5) is 29.4. The molecule has 1 aromatic carbocycles. The van der Waals surface area contributed by atoms with E-state index in [9.17, 15) is 9.59 Å². The molecule has 0 aliphatic rings. The third-order valence-corrected chi connectivity index (χ3v) is 5.81. The van der Waals surface area contributed by atoms with Gasteiger partial charge in [-0.2, -0.15) is 0 Å². The lowest BCUT2D eigenvalue weighted by Gasteiger charge is -2.16. The Morgan fingerprint density at radius 3 is 2.80 bits per heavy atom. The predicted molar refractivity (Wildman–Crippen MR) is 99.8 cm³/mol. The standard InChI is InChI=1S/C18H18N2O3S2/c1-23-18(22)11-13(14-7-4-10-24-14)19-16(21)8-9-17-20-12-5-2-3-6-15(12)25-17/h2-7,10,13H,8-9,11H2,1H3,(H,19,21). The van der Waals surface area contributed by atoms with Gasteiger partial charge < -0.3 is 10.1 Å². The molecule has 0 saturated heterocycles. The minimum Gasteiger partial charge on any atom is -0.469 e. The van der Waals surface area contributed by atoms with Gasteiger partial charge in [0.15, 0.2) is 0 Å². The Hall–Kier alpha value is -2.25. The molecule has 1 atom stereocenters. The number of amides is 1. The van der Waals surface area contributed by atoms with Gasteiger partial charge in [0.05, 0.1) is 34.8 Å². The summed E-state index contributed by atoms with van der Waals surface area (Å²) in [7, 11) is 1.35. The zero-order valence-corrected chi connectivity index (χ0v) is 15.4. The number of para-hydroxylation sites is 1. The number of ether oxygens (including phenoxy) is 1. The van der Waals surface area contributed by atoms with E-state index in [1.54, 1.807) is 11.3 Å². The van der Waals surface area contributed by atoms with Gasteiger partial charge in [0.2, 0.25) is 5.91 Å². The molecule has 0 spiro atoms. The number of carbonyl (C=O) groups is 2. The number of aromatic nitrogens is 1. The fourth-order valence-corrected chi connectivity index (χ4v) is 4.22. The van der Waals surface area contributed by atoms with Gasteiger partial charge in [0.25, 0.3) is 0 Å². The predicted octanol–water partition coefficient (Wildman–Crippen LogP) is 3.71. The lowest BCUT2D eigenvalue weighted by molar-refractivity contribution is -0.141. The van der Waals surface area contributed by atoms with Crippen molar-refractivity contribution in [3.05, 3.63) is 51.7 Å². The number of esters is 1. The molecule has 3 aromatic rings. The number of fused-ring (bicyclic) bond motifs is 1. The Morgan fingerprint density at radius 1 is 1.24 bits per heavy atom. The van der Waals surface area contributed by atoms with E-state index in [2.05, 4.69) is 10.3 Å². The van der Waals surface area contributed by atoms with Crippen molar-refractivity contribution in [1.29, 1.82) is 0 Å². The second-order valence-electron chi connectivity index (χ2n) is 5.49. The van der Waals surface area contributed by atoms with E-state index in [0.29, 0.717) is 12.8 Å². The molecule has 3 rings (SSSR count). The first-order valence-corrected chi connectivity index (χ1v) is 9.59. The van der Waals surface area contributed by atoms with Gasteiger partial charge in [0.1, 0.15) is 0 Å². The smallest absolute Gasteiger partial charge is 0.307 e. The Morgan fingerprint density at radius 2 is 2.08 bits per heavy atom. The maximum atomic E-state index is 12.3. The van der Waals surface area contributed by atoms with E-state index in [-0.39, 0.29) is 24.3 Å². The summed E-state index contributed by atoms with van der Waals surface area (Å²) in [5.74, 6) is -0.438. The van der Waals surface area contributed by atoms with Crippen molar-refractivity contribution >= 4 is 44.8 Å². The van der Waals surface area contributed by atoms with E-state index in [4.69, 9.17) is 4.74 Å². The first-order valence-electron chi connectivity index (χ1n) is 7.89. The minimum atomic E-state index is -0.352. The molecule has 25 heavy (non-hydrogen) atoms. The molecule has 1 amide bonds. The molecular formula is C18H18N2O3S2. The van der Waals surface area contributed by atoms with Crippen LogP contribution in [0.25, 0.3) is 10.2 Å². The van der Waals surface area contributed by atoms with Crippen molar-refractivity contribution in [3.63, 3.8) is 0 Å². The van der Waals surface area contributed by atoms with Crippen LogP contribution in [0.5, 0.6) is 0 Å². The second kappa shape index (κ2) is 8.22. The molecule has 0 aliphatic carbocycles. The van der Waals surface area contributed by atoms with E-state index < -0.39 is 0 Å². The van der Waals surface area contributed by atoms with Crippen LogP contribution in [0.4, 0.5) is 0 Å². The summed E-state index contributed by atoms with van der Waals surface area (Å²) in [6.45, 7) is 0. The van der Waals surface area contributed by atoms with Crippen LogP contribution in [0.3, 0.4) is 0 Å². The molecule has 0 aliphatic heterocycles. The number of thiophene rings is 1. The number of aryl methyl sites for hydroxylation is 1. The first kappa shape index (κ1) is 17.6. The quantitative estimate of drug-likeness (QED) is 0.640. The Kier molecular flexibility index (Phi) is 5.78. The van der Waals surface area contributed by atoms with Gasteiger partial charge in [0, 0.05) is 17.7 Å². The number of nitrogens with zero attached hydrogens (tertiary/aromatic N) is 1. The van der Waals surface area contributed by atoms with Gasteiger partial charge in [-0.05, 0) is 23.6 Å². The number of benzene rings is 1. The van der Waals surface area contributed by atoms with Gasteiger partial charge in [-0.1, -0.05) is 18.2 Å². The molecule has 0 bridgehead atoms. The van der Waals surface area contributed by atoms with Crippen molar-refractivity contribution in [2.45, 2.75) is 25.3 Å². The fraction of sp³-hybridized carbons (Fsp3) is 0.278. The molecule has 2 aromatic heterocycles. The van der Waals surface area contributed by atoms with E-state index in [1.165, 1.54) is 18.4 Å². The Bertz CT molecular complexity index is 825. The second-order valence-corrected chi connectivity index (χ2v) is 7.59. The lowest BCUT2D eigenvalue weighted by atomic mass is 10.1. The highest BCUT2D eigenvalue weighted by atomic mass is 32.1. The average Bonchev–Trinajstić information content (AvgIpc) is 3.28. The molecule has 2 heterocycles. The number of methoxy groups -OCH3 is 1. The van der Waals surface area contributed by atoms with Gasteiger partial charge in [-0.25, -0.2) is 4.98 Å². The Balaban J connectivity index is 1.60. The molecule has 5 nitrogen and oxygen atoms in total. The highest BCUT2D eigenvalue weighted by molar-refractivity contribution is 7.18. The summed E-state index contributed by atoms with van der Waals surface area (Å²) in [5.41, 5.74) is 0.963. The van der Waals surface area contributed by atoms with Crippen LogP contribution in [-0.4, -0.2) is 24.0 Å². The summed E-state index contributed by atoms with van der Waals surface area (Å²) >= 11 is 3.12. The summed E-state index contributed by atoms with van der Waals surface area (Å²) < 4.78 is 5.85. The van der Waals surface area contributed by atoms with E-state index in [1.807, 2.05) is 41.8 Å². The highest BCUT2D eigenvalue weighted by Crippen LogP contribution is 2.24. The van der Waals surface area contributed by atoms with Gasteiger partial charge in [-0.15, -0.1) is 22.7 Å². The summed E-state index contributed by atoms with van der Waals surface area (Å²) in [5, 5.41) is 5.80. The minimum absolute atomic E-state index is 0.0958. The van der Waals surface area contributed by atoms with Gasteiger partial charge in [-0.3, -0.25) is 9.59 Å². The van der Waals surface area contributed by atoms with Crippen molar-refractivity contribution in [2.75, 3.05) is 7.11 Å². The largest absolute Gasteiger partial charge is 0.469 e. The molecule has 1 N–H and O–H groups in total. The van der Waals surface area contributed by atoms with Crippen LogP contribution >= 0.6 is 22.7 Å². The third kappa shape index (κ3) is 4.64. The van der Waals surface area contributed by atoms with E-state index >= 15 is 0 Å². The van der Waals surface area contributed by atoms with Crippen LogP contribution in [0, 0.1) is 0 Å². The molecule has 7 heteroatoms. The number of rotatable bonds is 7. The van der Waals surface area contributed by atoms with Crippen molar-refractivity contribution < 1.29 is 14.3 Å². The van der Waals surface area contributed by atoms with Crippen molar-refractivity contribution in [3.8, 4) is 0 Å². The zero-order chi connectivity index (χ0) is 17.6. The topological polar surface area (TPSA) is 68.3 Å². The first-order chi connectivity index (χ1) is 12.2. The van der Waals surface area contributed by atoms with Gasteiger partial charge >= 0.3 is 5.97 Å². The number of hydrogen-bond acceptors (Lipinski definition) is 6. The normalized spacial score (nSPS) is 12.0. The van der Waals surface area contributed by atoms with Crippen molar-refractivity contribution in [1.82, 2.24) is 10.3 Å². The van der Waals surface area contributed by atoms with E-state index in [0.717, 1.165) is 20.1 Å². The maximum Gasteiger partial charge on any atom is 0.307 e. The van der Waals surface area contributed by atoms with Crippen LogP contribution in [-0.2, 0) is 20.7 Å². The molecule has 130 valence electrons. The number of carbonyl (C=O) groups excluding carboxylic acids is 2. The SMILES string of the molecule is COC(=O)CC(NC(=O)CCc1nc2ccccc2s1)c1cccs1. The number of nitrogens with one attached hydrogen (secondary N) is 1. The lowest BCUT2D eigenvalue weighted by Crippen LogP contribution is -2.30. The molecule has 0 saturated carbocycles. The summed E-state index contributed by atoms with van der Waals surface area (Å²) in [6, 6.07) is 11.4.